The number of aromatic nitrogens is 3. The van der Waals surface area contributed by atoms with Crippen LogP contribution in [0, 0.1) is 6.92 Å². The van der Waals surface area contributed by atoms with Crippen LogP contribution in [0.3, 0.4) is 0 Å². The number of ether oxygens (including phenoxy) is 2. The van der Waals surface area contributed by atoms with Crippen LogP contribution in [-0.2, 0) is 6.54 Å². The summed E-state index contributed by atoms with van der Waals surface area (Å²) < 4.78 is 12.8. The van der Waals surface area contributed by atoms with E-state index in [1.54, 1.807) is 18.9 Å². The number of hydrogen-bond donors (Lipinski definition) is 0. The molecule has 1 aromatic carbocycles. The van der Waals surface area contributed by atoms with Gasteiger partial charge in [0.05, 0.1) is 13.7 Å². The van der Waals surface area contributed by atoms with Gasteiger partial charge in [-0.15, -0.1) is 16.8 Å². The summed E-state index contributed by atoms with van der Waals surface area (Å²) in [5.74, 6) is 3.36. The van der Waals surface area contributed by atoms with E-state index in [2.05, 4.69) is 16.8 Å². The molecule has 112 valence electrons. The van der Waals surface area contributed by atoms with E-state index in [1.807, 2.05) is 41.8 Å². The summed E-state index contributed by atoms with van der Waals surface area (Å²) in [6, 6.07) is 7.56. The molecular formula is C15H19N3O2S. The zero-order valence-corrected chi connectivity index (χ0v) is 13.1. The summed E-state index contributed by atoms with van der Waals surface area (Å²) in [4.78, 5) is 0. The summed E-state index contributed by atoms with van der Waals surface area (Å²) in [5.41, 5.74) is 0. The van der Waals surface area contributed by atoms with Crippen molar-refractivity contribution in [1.29, 1.82) is 0 Å². The lowest BCUT2D eigenvalue weighted by Gasteiger charge is -2.07. The Morgan fingerprint density at radius 2 is 1.95 bits per heavy atom. The number of hydrogen-bond acceptors (Lipinski definition) is 5. The fourth-order valence-electron chi connectivity index (χ4n) is 1.77. The average Bonchev–Trinajstić information content (AvgIpc) is 2.86. The molecule has 0 bridgehead atoms. The Kier molecular flexibility index (Phi) is 5.68. The molecule has 1 heterocycles. The second-order valence-corrected chi connectivity index (χ2v) is 5.36. The van der Waals surface area contributed by atoms with Gasteiger partial charge in [-0.1, -0.05) is 17.8 Å². The fourth-order valence-corrected chi connectivity index (χ4v) is 2.58. The van der Waals surface area contributed by atoms with Crippen molar-refractivity contribution in [3.05, 3.63) is 42.7 Å². The Morgan fingerprint density at radius 3 is 2.62 bits per heavy atom. The van der Waals surface area contributed by atoms with Crippen LogP contribution in [0.5, 0.6) is 11.5 Å². The largest absolute Gasteiger partial charge is 0.497 e. The zero-order valence-electron chi connectivity index (χ0n) is 12.3. The smallest absolute Gasteiger partial charge is 0.191 e. The fraction of sp³-hybridized carbons (Fsp3) is 0.333. The Bertz CT molecular complexity index is 581. The van der Waals surface area contributed by atoms with Crippen LogP contribution in [0.4, 0.5) is 0 Å². The number of nitrogens with zero attached hydrogens (tertiary/aromatic N) is 3. The minimum atomic E-state index is 0.608. The molecule has 5 nitrogen and oxygen atoms in total. The molecule has 0 N–H and O–H groups in total. The average molecular weight is 305 g/mol. The van der Waals surface area contributed by atoms with E-state index in [0.717, 1.165) is 34.8 Å². The first-order chi connectivity index (χ1) is 10.2. The Hall–Kier alpha value is -1.95. The van der Waals surface area contributed by atoms with E-state index in [4.69, 9.17) is 9.47 Å². The van der Waals surface area contributed by atoms with Crippen LogP contribution in [-0.4, -0.2) is 34.2 Å². The van der Waals surface area contributed by atoms with Crippen LogP contribution in [0.1, 0.15) is 5.82 Å². The van der Waals surface area contributed by atoms with Crippen LogP contribution >= 0.6 is 11.8 Å². The molecular weight excluding hydrogens is 286 g/mol. The van der Waals surface area contributed by atoms with E-state index >= 15 is 0 Å². The van der Waals surface area contributed by atoms with Crippen molar-refractivity contribution < 1.29 is 9.47 Å². The molecule has 2 rings (SSSR count). The molecule has 6 heteroatoms. The number of thioether (sulfide) groups is 1. The highest BCUT2D eigenvalue weighted by atomic mass is 32.2. The Balaban J connectivity index is 1.80. The van der Waals surface area contributed by atoms with Gasteiger partial charge in [0.1, 0.15) is 17.3 Å². The van der Waals surface area contributed by atoms with Gasteiger partial charge in [0, 0.05) is 12.3 Å². The molecule has 0 saturated heterocycles. The highest BCUT2D eigenvalue weighted by Gasteiger charge is 2.07. The van der Waals surface area contributed by atoms with Crippen molar-refractivity contribution >= 4 is 11.8 Å². The van der Waals surface area contributed by atoms with E-state index in [0.29, 0.717) is 6.61 Å². The summed E-state index contributed by atoms with van der Waals surface area (Å²) >= 11 is 1.63. The summed E-state index contributed by atoms with van der Waals surface area (Å²) in [7, 11) is 1.65. The normalized spacial score (nSPS) is 10.4. The number of allylic oxidation sites excluding steroid dienone is 1. The van der Waals surface area contributed by atoms with Crippen molar-refractivity contribution in [3.8, 4) is 11.5 Å². The first-order valence-corrected chi connectivity index (χ1v) is 7.63. The SMILES string of the molecule is C=CCn1c(C)nnc1SCCOc1ccc(OC)cc1. The van der Waals surface area contributed by atoms with Crippen molar-refractivity contribution in [2.75, 3.05) is 19.5 Å². The number of methoxy groups -OCH3 is 1. The van der Waals surface area contributed by atoms with Crippen LogP contribution in [0.25, 0.3) is 0 Å². The number of aryl methyl sites for hydroxylation is 1. The van der Waals surface area contributed by atoms with Gasteiger partial charge < -0.3 is 14.0 Å². The second-order valence-electron chi connectivity index (χ2n) is 4.30. The van der Waals surface area contributed by atoms with Gasteiger partial charge >= 0.3 is 0 Å². The van der Waals surface area contributed by atoms with Gasteiger partial charge in [-0.2, -0.15) is 0 Å². The molecule has 21 heavy (non-hydrogen) atoms. The maximum Gasteiger partial charge on any atom is 0.191 e. The van der Waals surface area contributed by atoms with E-state index in [9.17, 15) is 0 Å². The lowest BCUT2D eigenvalue weighted by Crippen LogP contribution is -2.04. The van der Waals surface area contributed by atoms with Gasteiger partial charge in [0.15, 0.2) is 5.16 Å². The minimum Gasteiger partial charge on any atom is -0.497 e. The third-order valence-electron chi connectivity index (χ3n) is 2.86. The topological polar surface area (TPSA) is 49.2 Å². The third-order valence-corrected chi connectivity index (χ3v) is 3.79. The maximum atomic E-state index is 5.68. The van der Waals surface area contributed by atoms with Gasteiger partial charge in [-0.05, 0) is 31.2 Å². The first-order valence-electron chi connectivity index (χ1n) is 6.65. The van der Waals surface area contributed by atoms with Crippen LogP contribution < -0.4 is 9.47 Å². The Morgan fingerprint density at radius 1 is 1.24 bits per heavy atom. The molecule has 0 aliphatic heterocycles. The molecule has 0 radical (unpaired) electrons. The van der Waals surface area contributed by atoms with Gasteiger partial charge in [-0.25, -0.2) is 0 Å². The predicted molar refractivity (Wildman–Crippen MR) is 84.2 cm³/mol. The van der Waals surface area contributed by atoms with Crippen LogP contribution in [0.15, 0.2) is 42.1 Å². The molecule has 0 amide bonds. The number of rotatable bonds is 8. The molecule has 0 saturated carbocycles. The molecule has 0 unspecified atom stereocenters. The monoisotopic (exact) mass is 305 g/mol. The molecule has 0 fully saturated rings. The lowest BCUT2D eigenvalue weighted by atomic mass is 10.3. The summed E-state index contributed by atoms with van der Waals surface area (Å²) in [6.07, 6.45) is 1.84. The third kappa shape index (κ3) is 4.26. The molecule has 0 atom stereocenters. The molecule has 0 aliphatic carbocycles. The quantitative estimate of drug-likeness (QED) is 0.426. The van der Waals surface area contributed by atoms with Crippen molar-refractivity contribution in [2.45, 2.75) is 18.6 Å². The number of benzene rings is 1. The highest BCUT2D eigenvalue weighted by molar-refractivity contribution is 7.99. The summed E-state index contributed by atoms with van der Waals surface area (Å²) in [5, 5.41) is 9.13. The Labute approximate surface area is 129 Å². The predicted octanol–water partition coefficient (Wildman–Crippen LogP) is 2.95. The minimum absolute atomic E-state index is 0.608. The van der Waals surface area contributed by atoms with Crippen molar-refractivity contribution in [1.82, 2.24) is 14.8 Å². The van der Waals surface area contributed by atoms with Gasteiger partial charge in [-0.3, -0.25) is 0 Å². The van der Waals surface area contributed by atoms with Gasteiger partial charge in [0.2, 0.25) is 0 Å². The maximum absolute atomic E-state index is 5.68. The van der Waals surface area contributed by atoms with Crippen molar-refractivity contribution in [3.63, 3.8) is 0 Å². The first kappa shape index (κ1) is 15.4. The molecule has 0 spiro atoms. The molecule has 2 aromatic rings. The van der Waals surface area contributed by atoms with Crippen LogP contribution in [0.2, 0.25) is 0 Å². The van der Waals surface area contributed by atoms with E-state index in [1.165, 1.54) is 0 Å². The second kappa shape index (κ2) is 7.73. The highest BCUT2D eigenvalue weighted by Crippen LogP contribution is 2.19. The van der Waals surface area contributed by atoms with E-state index in [-0.39, 0.29) is 0 Å². The van der Waals surface area contributed by atoms with Crippen molar-refractivity contribution in [2.24, 2.45) is 0 Å². The molecule has 0 aliphatic rings. The summed E-state index contributed by atoms with van der Waals surface area (Å²) in [6.45, 7) is 7.02. The van der Waals surface area contributed by atoms with E-state index < -0.39 is 0 Å². The zero-order chi connectivity index (χ0) is 15.1. The lowest BCUT2D eigenvalue weighted by molar-refractivity contribution is 0.342. The molecule has 1 aromatic heterocycles. The van der Waals surface area contributed by atoms with Gasteiger partial charge in [0.25, 0.3) is 0 Å². The standard InChI is InChI=1S/C15H19N3O2S/c1-4-9-18-12(2)16-17-15(18)21-11-10-20-14-7-5-13(19-3)6-8-14/h4-8H,1,9-11H2,2-3H3.